The smallest absolute Gasteiger partial charge is 0.328 e. The minimum Gasteiger partial charge on any atom is -0.478 e. The molecule has 6 heteroatoms. The van der Waals surface area contributed by atoms with E-state index in [0.29, 0.717) is 23.4 Å². The Kier molecular flexibility index (Phi) is 4.48. The number of fused-ring (bicyclic) bond motifs is 1. The van der Waals surface area contributed by atoms with Gasteiger partial charge in [-0.3, -0.25) is 4.79 Å². The molecule has 0 saturated heterocycles. The van der Waals surface area contributed by atoms with Crippen molar-refractivity contribution in [1.29, 1.82) is 5.26 Å². The summed E-state index contributed by atoms with van der Waals surface area (Å²) in [6, 6.07) is 14.6. The highest BCUT2D eigenvalue weighted by Crippen LogP contribution is 2.26. The molecule has 6 nitrogen and oxygen atoms in total. The average Bonchev–Trinajstić information content (AvgIpc) is 2.77. The molecule has 0 radical (unpaired) electrons. The zero-order valence-corrected chi connectivity index (χ0v) is 13.3. The second-order valence-electron chi connectivity index (χ2n) is 5.65. The topological polar surface area (TPSA) is 93.4 Å². The van der Waals surface area contributed by atoms with E-state index in [1.807, 2.05) is 17.0 Å². The van der Waals surface area contributed by atoms with Gasteiger partial charge in [-0.15, -0.1) is 0 Å². The Balaban J connectivity index is 1.92. The first-order valence-corrected chi connectivity index (χ1v) is 7.64. The van der Waals surface area contributed by atoms with Crippen LogP contribution < -0.4 is 10.2 Å². The third-order valence-corrected chi connectivity index (χ3v) is 3.86. The number of nitriles is 1. The van der Waals surface area contributed by atoms with Gasteiger partial charge in [-0.1, -0.05) is 18.2 Å². The fraction of sp³-hybridized carbons (Fsp3) is 0.105. The van der Waals surface area contributed by atoms with Crippen molar-refractivity contribution in [2.24, 2.45) is 0 Å². The number of nitrogens with one attached hydrogen (secondary N) is 1. The number of hydrogen-bond donors (Lipinski definition) is 2. The van der Waals surface area contributed by atoms with Crippen molar-refractivity contribution in [2.75, 3.05) is 16.8 Å². The van der Waals surface area contributed by atoms with Gasteiger partial charge >= 0.3 is 5.97 Å². The minimum atomic E-state index is -1.03. The molecule has 0 aliphatic carbocycles. The van der Waals surface area contributed by atoms with Gasteiger partial charge in [-0.2, -0.15) is 5.26 Å². The van der Waals surface area contributed by atoms with Gasteiger partial charge in [0.1, 0.15) is 0 Å². The summed E-state index contributed by atoms with van der Waals surface area (Å²) in [6.45, 7) is 0.676. The van der Waals surface area contributed by atoms with Crippen LogP contribution in [0.3, 0.4) is 0 Å². The lowest BCUT2D eigenvalue weighted by Gasteiger charge is -2.22. The van der Waals surface area contributed by atoms with Crippen molar-refractivity contribution in [1.82, 2.24) is 0 Å². The molecule has 1 aliphatic heterocycles. The van der Waals surface area contributed by atoms with E-state index in [4.69, 9.17) is 10.4 Å². The number of carbonyl (C=O) groups excluding carboxylic acids is 1. The number of carbonyl (C=O) groups is 2. The highest BCUT2D eigenvalue weighted by atomic mass is 16.4. The maximum absolute atomic E-state index is 12.2. The van der Waals surface area contributed by atoms with Gasteiger partial charge in [-0.05, 0) is 41.5 Å². The molecule has 2 aromatic rings. The third kappa shape index (κ3) is 3.85. The number of anilines is 2. The minimum absolute atomic E-state index is 0.166. The van der Waals surface area contributed by atoms with Crippen LogP contribution in [0.15, 0.2) is 48.5 Å². The Morgan fingerprint density at radius 1 is 1.24 bits per heavy atom. The highest BCUT2D eigenvalue weighted by molar-refractivity contribution is 5.96. The van der Waals surface area contributed by atoms with Crippen LogP contribution in [-0.4, -0.2) is 23.5 Å². The van der Waals surface area contributed by atoms with E-state index in [1.54, 1.807) is 30.3 Å². The Labute approximate surface area is 144 Å². The summed E-state index contributed by atoms with van der Waals surface area (Å²) in [4.78, 5) is 24.8. The maximum atomic E-state index is 12.2. The molecular formula is C19H15N3O3. The molecule has 0 fully saturated rings. The van der Waals surface area contributed by atoms with Gasteiger partial charge in [0, 0.05) is 24.0 Å². The fourth-order valence-electron chi connectivity index (χ4n) is 2.70. The molecule has 0 saturated carbocycles. The first-order valence-electron chi connectivity index (χ1n) is 7.64. The van der Waals surface area contributed by atoms with E-state index in [-0.39, 0.29) is 12.5 Å². The lowest BCUT2D eigenvalue weighted by Crippen LogP contribution is -2.29. The number of carboxylic acids is 1. The van der Waals surface area contributed by atoms with Crippen molar-refractivity contribution >= 4 is 29.3 Å². The second-order valence-corrected chi connectivity index (χ2v) is 5.65. The summed E-state index contributed by atoms with van der Waals surface area (Å²) in [5, 5.41) is 20.6. The summed E-state index contributed by atoms with van der Waals surface area (Å²) < 4.78 is 0. The highest BCUT2D eigenvalue weighted by Gasteiger charge is 2.20. The van der Waals surface area contributed by atoms with Crippen LogP contribution in [0.25, 0.3) is 6.08 Å². The van der Waals surface area contributed by atoms with Crippen molar-refractivity contribution in [3.05, 3.63) is 65.2 Å². The van der Waals surface area contributed by atoms with Crippen LogP contribution in [-0.2, 0) is 16.1 Å². The molecule has 2 aromatic carbocycles. The summed E-state index contributed by atoms with van der Waals surface area (Å²) in [5.41, 5.74) is 3.62. The second kappa shape index (κ2) is 6.89. The van der Waals surface area contributed by atoms with E-state index in [2.05, 4.69) is 11.4 Å². The van der Waals surface area contributed by atoms with Crippen LogP contribution >= 0.6 is 0 Å². The van der Waals surface area contributed by atoms with Crippen molar-refractivity contribution in [3.63, 3.8) is 0 Å². The first kappa shape index (κ1) is 16.3. The van der Waals surface area contributed by atoms with Crippen LogP contribution in [0.1, 0.15) is 16.7 Å². The Morgan fingerprint density at radius 2 is 2.08 bits per heavy atom. The normalized spacial score (nSPS) is 13.7. The van der Waals surface area contributed by atoms with Crippen LogP contribution in [0.4, 0.5) is 11.4 Å². The maximum Gasteiger partial charge on any atom is 0.328 e. The Morgan fingerprint density at radius 3 is 2.84 bits per heavy atom. The van der Waals surface area contributed by atoms with Gasteiger partial charge < -0.3 is 15.3 Å². The number of nitrogens with zero attached hydrogens (tertiary/aromatic N) is 2. The zero-order chi connectivity index (χ0) is 17.8. The number of carboxylic acid groups (broad SMARTS) is 1. The monoisotopic (exact) mass is 333 g/mol. The van der Waals surface area contributed by atoms with Gasteiger partial charge in [0.25, 0.3) is 0 Å². The van der Waals surface area contributed by atoms with Crippen LogP contribution in [0.5, 0.6) is 0 Å². The van der Waals surface area contributed by atoms with Crippen molar-refractivity contribution in [3.8, 4) is 6.07 Å². The summed E-state index contributed by atoms with van der Waals surface area (Å²) in [5.74, 6) is -1.19. The molecule has 0 spiro atoms. The van der Waals surface area contributed by atoms with Crippen LogP contribution in [0.2, 0.25) is 0 Å². The van der Waals surface area contributed by atoms with E-state index in [1.165, 1.54) is 6.08 Å². The summed E-state index contributed by atoms with van der Waals surface area (Å²) in [6.07, 6.45) is 2.54. The summed E-state index contributed by atoms with van der Waals surface area (Å²) >= 11 is 0. The zero-order valence-electron chi connectivity index (χ0n) is 13.3. The molecule has 3 rings (SSSR count). The molecular weight excluding hydrogens is 318 g/mol. The molecule has 1 aliphatic rings. The fourth-order valence-corrected chi connectivity index (χ4v) is 2.70. The SMILES string of the molecule is N#Cc1cccc(N2CC(=O)Nc3cc(C=CC(=O)O)ccc3C2)c1. The average molecular weight is 333 g/mol. The number of hydrogen-bond acceptors (Lipinski definition) is 4. The lowest BCUT2D eigenvalue weighted by atomic mass is 10.1. The van der Waals surface area contributed by atoms with Gasteiger partial charge in [0.2, 0.25) is 5.91 Å². The predicted molar refractivity (Wildman–Crippen MR) is 93.9 cm³/mol. The number of aliphatic carboxylic acids is 1. The van der Waals surface area contributed by atoms with Crippen LogP contribution in [0, 0.1) is 11.3 Å². The third-order valence-electron chi connectivity index (χ3n) is 3.86. The van der Waals surface area contributed by atoms with E-state index < -0.39 is 5.97 Å². The van der Waals surface area contributed by atoms with Crippen molar-refractivity contribution < 1.29 is 14.7 Å². The number of rotatable bonds is 3. The predicted octanol–water partition coefficient (Wildman–Crippen LogP) is 2.61. The summed E-state index contributed by atoms with van der Waals surface area (Å²) in [7, 11) is 0. The van der Waals surface area contributed by atoms with Gasteiger partial charge in [0.05, 0.1) is 18.2 Å². The molecule has 0 aromatic heterocycles. The molecule has 0 bridgehead atoms. The quantitative estimate of drug-likeness (QED) is 0.842. The standard InChI is InChI=1S/C19H15N3O3/c20-10-14-2-1-3-16(8-14)22-11-15-6-4-13(5-7-19(24)25)9-17(15)21-18(23)12-22/h1-9H,11-12H2,(H,21,23)(H,24,25). The Hall–Kier alpha value is -3.59. The van der Waals surface area contributed by atoms with E-state index in [0.717, 1.165) is 17.3 Å². The molecule has 2 N–H and O–H groups in total. The largest absolute Gasteiger partial charge is 0.478 e. The number of amides is 1. The molecule has 1 heterocycles. The van der Waals surface area contributed by atoms with Crippen molar-refractivity contribution in [2.45, 2.75) is 6.54 Å². The number of benzene rings is 2. The van der Waals surface area contributed by atoms with Gasteiger partial charge in [0.15, 0.2) is 0 Å². The molecule has 124 valence electrons. The molecule has 0 unspecified atom stereocenters. The Bertz CT molecular complexity index is 912. The van der Waals surface area contributed by atoms with E-state index in [9.17, 15) is 9.59 Å². The van der Waals surface area contributed by atoms with E-state index >= 15 is 0 Å². The molecule has 0 atom stereocenters. The molecule has 1 amide bonds. The lowest BCUT2D eigenvalue weighted by molar-refractivity contribution is -0.131. The molecule has 25 heavy (non-hydrogen) atoms. The van der Waals surface area contributed by atoms with Gasteiger partial charge in [-0.25, -0.2) is 4.79 Å². The first-order chi connectivity index (χ1) is 12.0.